The van der Waals surface area contributed by atoms with Crippen LogP contribution in [0.15, 0.2) is 48.8 Å². The fourth-order valence-corrected chi connectivity index (χ4v) is 4.82. The molecule has 0 aliphatic carbocycles. The molecule has 0 spiro atoms. The van der Waals surface area contributed by atoms with E-state index in [1.54, 1.807) is 49.4 Å². The molecule has 0 saturated carbocycles. The predicted octanol–water partition coefficient (Wildman–Crippen LogP) is 2.70. The van der Waals surface area contributed by atoms with Gasteiger partial charge in [-0.3, -0.25) is 19.3 Å². The first-order valence-corrected chi connectivity index (χ1v) is 12.4. The number of aliphatic hydroxyl groups excluding tert-OH is 1. The minimum atomic E-state index is -1.14. The van der Waals surface area contributed by atoms with E-state index in [-0.39, 0.29) is 11.9 Å². The second kappa shape index (κ2) is 10.6. The summed E-state index contributed by atoms with van der Waals surface area (Å²) in [6.07, 6.45) is 3.21. The topological polar surface area (TPSA) is 130 Å². The van der Waals surface area contributed by atoms with Crippen LogP contribution < -0.4 is 16.0 Å². The van der Waals surface area contributed by atoms with Crippen molar-refractivity contribution in [2.45, 2.75) is 51.9 Å². The highest BCUT2D eigenvalue weighted by Crippen LogP contribution is 2.36. The average Bonchev–Trinajstić information content (AvgIpc) is 3.31. The Morgan fingerprint density at radius 2 is 1.95 bits per heavy atom. The maximum atomic E-state index is 13.7. The lowest BCUT2D eigenvalue weighted by molar-refractivity contribution is -0.164. The molecule has 1 fully saturated rings. The fourth-order valence-electron chi connectivity index (χ4n) is 4.82. The van der Waals surface area contributed by atoms with Crippen molar-refractivity contribution in [1.82, 2.24) is 25.0 Å². The summed E-state index contributed by atoms with van der Waals surface area (Å²) < 4.78 is 1.60. The number of nitrogens with two attached hydrogens (primary N) is 1. The summed E-state index contributed by atoms with van der Waals surface area (Å²) in [4.78, 5) is 33.8. The van der Waals surface area contributed by atoms with Crippen molar-refractivity contribution in [2.24, 2.45) is 13.0 Å². The molecule has 10 nitrogen and oxygen atoms in total. The standard InChI is InChI=1S/C27H35N7O3/c1-6-21(19-8-7-16(2)17(3)13-19)30-27(37)34-24(26(36)33(5)23-10-12-32(4)31-23)20(25(34)35)14-18-9-11-29-22(28)15-18/h7-13,15,20-21,24-25,35H,6,14H2,1-5H3,(H2,28,29)(H,30,37)/t20-,21-,24+,25?/m1/s1. The summed E-state index contributed by atoms with van der Waals surface area (Å²) in [7, 11) is 3.39. The van der Waals surface area contributed by atoms with E-state index < -0.39 is 24.2 Å². The predicted molar refractivity (Wildman–Crippen MR) is 142 cm³/mol. The Morgan fingerprint density at radius 1 is 1.19 bits per heavy atom. The van der Waals surface area contributed by atoms with E-state index >= 15 is 0 Å². The van der Waals surface area contributed by atoms with Crippen molar-refractivity contribution in [3.63, 3.8) is 0 Å². The molecule has 37 heavy (non-hydrogen) atoms. The van der Waals surface area contributed by atoms with Gasteiger partial charge in [-0.2, -0.15) is 5.10 Å². The first-order valence-electron chi connectivity index (χ1n) is 12.4. The molecule has 3 aromatic rings. The lowest BCUT2D eigenvalue weighted by Gasteiger charge is -2.52. The van der Waals surface area contributed by atoms with E-state index in [1.807, 2.05) is 32.9 Å². The minimum absolute atomic E-state index is 0.262. The van der Waals surface area contributed by atoms with Gasteiger partial charge in [0.05, 0.1) is 6.04 Å². The summed E-state index contributed by atoms with van der Waals surface area (Å²) in [5, 5.41) is 18.5. The zero-order chi connectivity index (χ0) is 26.9. The second-order valence-electron chi connectivity index (χ2n) is 9.72. The van der Waals surface area contributed by atoms with E-state index in [0.717, 1.165) is 16.7 Å². The van der Waals surface area contributed by atoms with E-state index in [0.29, 0.717) is 24.5 Å². The quantitative estimate of drug-likeness (QED) is 0.453. The van der Waals surface area contributed by atoms with Gasteiger partial charge in [-0.05, 0) is 61.1 Å². The molecule has 10 heteroatoms. The number of rotatable bonds is 7. The first-order chi connectivity index (χ1) is 17.6. The molecule has 1 aromatic carbocycles. The summed E-state index contributed by atoms with van der Waals surface area (Å²) >= 11 is 0. The summed E-state index contributed by atoms with van der Waals surface area (Å²) in [6, 6.07) is 9.69. The number of benzene rings is 1. The van der Waals surface area contributed by atoms with Gasteiger partial charge in [-0.1, -0.05) is 25.1 Å². The van der Waals surface area contributed by atoms with Gasteiger partial charge >= 0.3 is 6.03 Å². The Balaban J connectivity index is 1.59. The smallest absolute Gasteiger partial charge is 0.320 e. The number of nitrogens with zero attached hydrogens (tertiary/aromatic N) is 5. The zero-order valence-electron chi connectivity index (χ0n) is 21.9. The van der Waals surface area contributed by atoms with Crippen molar-refractivity contribution in [3.05, 3.63) is 71.0 Å². The number of likely N-dealkylation sites (N-methyl/N-ethyl adjacent to an activating group) is 1. The van der Waals surface area contributed by atoms with Gasteiger partial charge in [-0.25, -0.2) is 9.78 Å². The number of pyridine rings is 1. The second-order valence-corrected chi connectivity index (χ2v) is 9.72. The van der Waals surface area contributed by atoms with Crippen LogP contribution in [0.2, 0.25) is 0 Å². The zero-order valence-corrected chi connectivity index (χ0v) is 21.9. The number of hydrogen-bond acceptors (Lipinski definition) is 6. The number of carbonyl (C=O) groups excluding carboxylic acids is 2. The van der Waals surface area contributed by atoms with Gasteiger partial charge in [0.2, 0.25) is 0 Å². The molecule has 1 aliphatic heterocycles. The van der Waals surface area contributed by atoms with Crippen LogP contribution in [-0.4, -0.2) is 56.0 Å². The van der Waals surface area contributed by atoms with E-state index in [2.05, 4.69) is 21.5 Å². The van der Waals surface area contributed by atoms with Gasteiger partial charge in [-0.15, -0.1) is 0 Å². The van der Waals surface area contributed by atoms with Gasteiger partial charge in [0, 0.05) is 38.5 Å². The number of amides is 3. The van der Waals surface area contributed by atoms with E-state index in [1.165, 1.54) is 15.4 Å². The molecule has 0 radical (unpaired) electrons. The number of nitrogen functional groups attached to an aromatic ring is 1. The Morgan fingerprint density at radius 3 is 2.57 bits per heavy atom. The van der Waals surface area contributed by atoms with Crippen LogP contribution in [0.4, 0.5) is 16.4 Å². The third kappa shape index (κ3) is 5.29. The number of aryl methyl sites for hydroxylation is 3. The lowest BCUT2D eigenvalue weighted by Crippen LogP contribution is -2.72. The van der Waals surface area contributed by atoms with E-state index in [9.17, 15) is 14.7 Å². The van der Waals surface area contributed by atoms with Crippen LogP contribution in [0.5, 0.6) is 0 Å². The SMILES string of the molecule is CC[C@@H](NC(=O)N1C(O)[C@H](Cc2ccnc(N)c2)[C@H]1C(=O)N(C)c1ccn(C)n1)c1ccc(C)c(C)c1. The number of likely N-dealkylation sites (tertiary alicyclic amines) is 1. The Kier molecular flexibility index (Phi) is 7.49. The number of anilines is 2. The average molecular weight is 506 g/mol. The van der Waals surface area contributed by atoms with Crippen molar-refractivity contribution in [2.75, 3.05) is 17.7 Å². The molecule has 1 unspecified atom stereocenters. The van der Waals surface area contributed by atoms with Crippen molar-refractivity contribution in [3.8, 4) is 0 Å². The lowest BCUT2D eigenvalue weighted by atomic mass is 9.80. The maximum Gasteiger partial charge on any atom is 0.320 e. The molecule has 1 saturated heterocycles. The number of aromatic nitrogens is 3. The van der Waals surface area contributed by atoms with Crippen LogP contribution in [0.25, 0.3) is 0 Å². The summed E-state index contributed by atoms with van der Waals surface area (Å²) in [5.74, 6) is -0.0328. The van der Waals surface area contributed by atoms with E-state index in [4.69, 9.17) is 5.73 Å². The third-order valence-corrected chi connectivity index (χ3v) is 7.19. The summed E-state index contributed by atoms with van der Waals surface area (Å²) in [5.41, 5.74) is 9.95. The van der Waals surface area contributed by atoms with Crippen LogP contribution in [0, 0.1) is 19.8 Å². The van der Waals surface area contributed by atoms with Crippen LogP contribution >= 0.6 is 0 Å². The highest BCUT2D eigenvalue weighted by molar-refractivity contribution is 5.99. The number of hydrogen-bond donors (Lipinski definition) is 3. The maximum absolute atomic E-state index is 13.7. The molecule has 2 aromatic heterocycles. The highest BCUT2D eigenvalue weighted by Gasteiger charge is 2.55. The van der Waals surface area contributed by atoms with Gasteiger partial charge < -0.3 is 16.2 Å². The number of nitrogens with one attached hydrogen (secondary N) is 1. The normalized spacial score (nSPS) is 19.7. The molecular weight excluding hydrogens is 470 g/mol. The molecule has 4 atom stereocenters. The minimum Gasteiger partial charge on any atom is -0.384 e. The van der Waals surface area contributed by atoms with Crippen molar-refractivity contribution >= 4 is 23.6 Å². The number of carbonyl (C=O) groups is 2. The number of urea groups is 1. The third-order valence-electron chi connectivity index (χ3n) is 7.19. The van der Waals surface area contributed by atoms with Crippen LogP contribution in [0.1, 0.15) is 41.6 Å². The highest BCUT2D eigenvalue weighted by atomic mass is 16.3. The molecule has 3 amide bonds. The van der Waals surface area contributed by atoms with Crippen LogP contribution in [-0.2, 0) is 18.3 Å². The Bertz CT molecular complexity index is 1290. The van der Waals surface area contributed by atoms with Gasteiger partial charge in [0.15, 0.2) is 5.82 Å². The molecule has 4 N–H and O–H groups in total. The summed E-state index contributed by atoms with van der Waals surface area (Å²) in [6.45, 7) is 6.06. The van der Waals surface area contributed by atoms with Crippen LogP contribution in [0.3, 0.4) is 0 Å². The molecular formula is C27H35N7O3. The van der Waals surface area contributed by atoms with Crippen molar-refractivity contribution in [1.29, 1.82) is 0 Å². The van der Waals surface area contributed by atoms with Gasteiger partial charge in [0.1, 0.15) is 18.1 Å². The molecule has 3 heterocycles. The Hall–Kier alpha value is -3.92. The number of aliphatic hydroxyl groups is 1. The largest absolute Gasteiger partial charge is 0.384 e. The fraction of sp³-hybridized carbons (Fsp3) is 0.407. The Labute approximate surface area is 217 Å². The monoisotopic (exact) mass is 505 g/mol. The molecule has 1 aliphatic rings. The molecule has 4 rings (SSSR count). The van der Waals surface area contributed by atoms with Crippen molar-refractivity contribution < 1.29 is 14.7 Å². The molecule has 196 valence electrons. The molecule has 0 bridgehead atoms. The first kappa shape index (κ1) is 26.2. The van der Waals surface area contributed by atoms with Gasteiger partial charge in [0.25, 0.3) is 5.91 Å².